The molecule has 2 aromatic rings. The van der Waals surface area contributed by atoms with Crippen LogP contribution in [0.1, 0.15) is 18.5 Å². The van der Waals surface area contributed by atoms with Gasteiger partial charge in [0.25, 0.3) is 0 Å². The van der Waals surface area contributed by atoms with Crippen molar-refractivity contribution in [3.63, 3.8) is 0 Å². The third-order valence-electron chi connectivity index (χ3n) is 3.74. The van der Waals surface area contributed by atoms with Gasteiger partial charge in [-0.25, -0.2) is 4.98 Å². The zero-order valence-corrected chi connectivity index (χ0v) is 12.7. The van der Waals surface area contributed by atoms with Crippen LogP contribution in [-0.2, 0) is 6.54 Å². The molecule has 1 saturated heterocycles. The van der Waals surface area contributed by atoms with Gasteiger partial charge in [-0.1, -0.05) is 6.07 Å². The minimum atomic E-state index is 0.741. The third-order valence-corrected chi connectivity index (χ3v) is 4.60. The van der Waals surface area contributed by atoms with Crippen molar-refractivity contribution in [3.05, 3.63) is 29.5 Å². The van der Waals surface area contributed by atoms with E-state index in [0.29, 0.717) is 0 Å². The molecule has 1 aliphatic rings. The fourth-order valence-corrected chi connectivity index (χ4v) is 3.39. The Balaban J connectivity index is 1.54. The maximum Gasteiger partial charge on any atom is 0.236 e. The number of aromatic nitrogens is 1. The van der Waals surface area contributed by atoms with Crippen LogP contribution in [0.25, 0.3) is 10.8 Å². The molecule has 0 atom stereocenters. The van der Waals surface area contributed by atoms with Gasteiger partial charge in [0.05, 0.1) is 10.6 Å². The molecule has 0 amide bonds. The van der Waals surface area contributed by atoms with Crippen molar-refractivity contribution in [1.82, 2.24) is 15.2 Å². The molecule has 1 fully saturated rings. The van der Waals surface area contributed by atoms with Crippen molar-refractivity contribution < 1.29 is 4.42 Å². The van der Waals surface area contributed by atoms with Crippen LogP contribution in [0.15, 0.2) is 28.2 Å². The molecule has 20 heavy (non-hydrogen) atoms. The van der Waals surface area contributed by atoms with Crippen LogP contribution in [0.2, 0.25) is 0 Å². The Bertz CT molecular complexity index is 517. The van der Waals surface area contributed by atoms with Crippen molar-refractivity contribution in [2.75, 3.05) is 26.7 Å². The van der Waals surface area contributed by atoms with Crippen LogP contribution in [0.5, 0.6) is 0 Å². The molecule has 2 aromatic heterocycles. The Morgan fingerprint density at radius 3 is 3.05 bits per heavy atom. The number of hydrogen-bond donors (Lipinski definition) is 1. The lowest BCUT2D eigenvalue weighted by Gasteiger charge is -2.26. The molecule has 0 aliphatic carbocycles. The average molecular weight is 291 g/mol. The maximum atomic E-state index is 5.56. The summed E-state index contributed by atoms with van der Waals surface area (Å²) in [5.41, 5.74) is 1.02. The fraction of sp³-hybridized carbons (Fsp3) is 0.533. The van der Waals surface area contributed by atoms with Gasteiger partial charge in [0.2, 0.25) is 5.89 Å². The van der Waals surface area contributed by atoms with Gasteiger partial charge in [-0.15, -0.1) is 11.3 Å². The highest BCUT2D eigenvalue weighted by atomic mass is 32.1. The summed E-state index contributed by atoms with van der Waals surface area (Å²) in [5, 5.41) is 5.46. The molecule has 0 spiro atoms. The van der Waals surface area contributed by atoms with E-state index in [1.807, 2.05) is 17.5 Å². The maximum absolute atomic E-state index is 5.56. The lowest BCUT2D eigenvalue weighted by molar-refractivity contribution is 0.232. The van der Waals surface area contributed by atoms with E-state index in [0.717, 1.165) is 48.6 Å². The summed E-state index contributed by atoms with van der Waals surface area (Å²) >= 11 is 1.66. The van der Waals surface area contributed by atoms with E-state index >= 15 is 0 Å². The zero-order chi connectivity index (χ0) is 13.8. The van der Waals surface area contributed by atoms with E-state index in [4.69, 9.17) is 4.42 Å². The molecular formula is C15H21N3OS. The topological polar surface area (TPSA) is 41.3 Å². The SMILES string of the molecule is CN(Cc1coc(-c2cccs2)n1)CC1CCNCC1. The van der Waals surface area contributed by atoms with E-state index in [1.54, 1.807) is 17.6 Å². The predicted octanol–water partition coefficient (Wildman–Crippen LogP) is 2.83. The number of hydrogen-bond acceptors (Lipinski definition) is 5. The fourth-order valence-electron chi connectivity index (χ4n) is 2.74. The molecule has 0 unspecified atom stereocenters. The van der Waals surface area contributed by atoms with Crippen LogP contribution >= 0.6 is 11.3 Å². The molecule has 1 N–H and O–H groups in total. The van der Waals surface area contributed by atoms with Crippen LogP contribution in [0.3, 0.4) is 0 Å². The first-order valence-corrected chi connectivity index (χ1v) is 8.07. The first kappa shape index (κ1) is 13.8. The van der Waals surface area contributed by atoms with Gasteiger partial charge in [0.1, 0.15) is 6.26 Å². The summed E-state index contributed by atoms with van der Waals surface area (Å²) < 4.78 is 5.56. The first-order chi connectivity index (χ1) is 9.81. The molecule has 4 nitrogen and oxygen atoms in total. The molecule has 3 heterocycles. The van der Waals surface area contributed by atoms with Gasteiger partial charge in [-0.05, 0) is 50.3 Å². The van der Waals surface area contributed by atoms with Crippen molar-refractivity contribution in [2.24, 2.45) is 5.92 Å². The molecule has 5 heteroatoms. The van der Waals surface area contributed by atoms with Crippen molar-refractivity contribution >= 4 is 11.3 Å². The van der Waals surface area contributed by atoms with E-state index in [-0.39, 0.29) is 0 Å². The highest BCUT2D eigenvalue weighted by molar-refractivity contribution is 7.13. The quantitative estimate of drug-likeness (QED) is 0.920. The van der Waals surface area contributed by atoms with Gasteiger partial charge in [0, 0.05) is 13.1 Å². The normalized spacial score (nSPS) is 16.9. The van der Waals surface area contributed by atoms with Crippen LogP contribution < -0.4 is 5.32 Å². The standard InChI is InChI=1S/C15H21N3OS/c1-18(9-12-4-6-16-7-5-12)10-13-11-19-15(17-13)14-3-2-8-20-14/h2-3,8,11-12,16H,4-7,9-10H2,1H3. The highest BCUT2D eigenvalue weighted by Gasteiger charge is 2.16. The Morgan fingerprint density at radius 2 is 2.30 bits per heavy atom. The van der Waals surface area contributed by atoms with Gasteiger partial charge in [0.15, 0.2) is 0 Å². The summed E-state index contributed by atoms with van der Waals surface area (Å²) in [6, 6.07) is 4.06. The molecule has 0 bridgehead atoms. The van der Waals surface area contributed by atoms with Gasteiger partial charge in [-0.3, -0.25) is 0 Å². The van der Waals surface area contributed by atoms with E-state index in [1.165, 1.54) is 12.8 Å². The van der Waals surface area contributed by atoms with Crippen molar-refractivity contribution in [1.29, 1.82) is 0 Å². The Morgan fingerprint density at radius 1 is 1.45 bits per heavy atom. The second-order valence-electron chi connectivity index (χ2n) is 5.51. The van der Waals surface area contributed by atoms with Gasteiger partial charge in [-0.2, -0.15) is 0 Å². The first-order valence-electron chi connectivity index (χ1n) is 7.19. The number of oxazole rings is 1. The second-order valence-corrected chi connectivity index (χ2v) is 6.46. The van der Waals surface area contributed by atoms with E-state index in [9.17, 15) is 0 Å². The minimum absolute atomic E-state index is 0.741. The second kappa shape index (κ2) is 6.52. The van der Waals surface area contributed by atoms with Gasteiger partial charge >= 0.3 is 0 Å². The Labute approximate surface area is 123 Å². The Kier molecular flexibility index (Phi) is 4.50. The van der Waals surface area contributed by atoms with Crippen LogP contribution in [0.4, 0.5) is 0 Å². The smallest absolute Gasteiger partial charge is 0.236 e. The molecule has 3 rings (SSSR count). The van der Waals surface area contributed by atoms with Crippen LogP contribution in [0, 0.1) is 5.92 Å². The number of nitrogens with one attached hydrogen (secondary N) is 1. The largest absolute Gasteiger partial charge is 0.444 e. The molecule has 1 aliphatic heterocycles. The summed E-state index contributed by atoms with van der Waals surface area (Å²) in [4.78, 5) is 8.02. The summed E-state index contributed by atoms with van der Waals surface area (Å²) in [7, 11) is 2.17. The third kappa shape index (κ3) is 3.48. The molecule has 108 valence electrons. The van der Waals surface area contributed by atoms with Crippen LogP contribution in [-0.4, -0.2) is 36.6 Å². The lowest BCUT2D eigenvalue weighted by atomic mass is 9.98. The highest BCUT2D eigenvalue weighted by Crippen LogP contribution is 2.24. The number of rotatable bonds is 5. The van der Waals surface area contributed by atoms with E-state index in [2.05, 4.69) is 22.2 Å². The number of thiophene rings is 1. The number of nitrogens with zero attached hydrogens (tertiary/aromatic N) is 2. The monoisotopic (exact) mass is 291 g/mol. The van der Waals surface area contributed by atoms with E-state index < -0.39 is 0 Å². The molecule has 0 radical (unpaired) electrons. The van der Waals surface area contributed by atoms with Gasteiger partial charge < -0.3 is 14.6 Å². The summed E-state index contributed by atoms with van der Waals surface area (Å²) in [5.74, 6) is 1.55. The minimum Gasteiger partial charge on any atom is -0.444 e. The van der Waals surface area contributed by atoms with Crippen molar-refractivity contribution in [3.8, 4) is 10.8 Å². The zero-order valence-electron chi connectivity index (χ0n) is 11.8. The molecule has 0 aromatic carbocycles. The number of piperidine rings is 1. The summed E-state index contributed by atoms with van der Waals surface area (Å²) in [6.07, 6.45) is 4.35. The lowest BCUT2D eigenvalue weighted by Crippen LogP contribution is -2.34. The molecule has 0 saturated carbocycles. The predicted molar refractivity (Wildman–Crippen MR) is 81.7 cm³/mol. The molecular weight excluding hydrogens is 270 g/mol. The Hall–Kier alpha value is -1.17. The summed E-state index contributed by atoms with van der Waals surface area (Å²) in [6.45, 7) is 4.32. The van der Waals surface area contributed by atoms with Crippen molar-refractivity contribution in [2.45, 2.75) is 19.4 Å². The average Bonchev–Trinajstić information content (AvgIpc) is 3.10.